The quantitative estimate of drug-likeness (QED) is 0.787. The van der Waals surface area contributed by atoms with E-state index in [1.165, 1.54) is 0 Å². The van der Waals surface area contributed by atoms with Gasteiger partial charge in [0.15, 0.2) is 0 Å². The van der Waals surface area contributed by atoms with Gasteiger partial charge in [0.1, 0.15) is 6.10 Å². The number of rotatable bonds is 2. The lowest BCUT2D eigenvalue weighted by molar-refractivity contribution is -0.298. The third-order valence-corrected chi connectivity index (χ3v) is 4.08. The van der Waals surface area contributed by atoms with Gasteiger partial charge in [0.25, 0.3) is 0 Å². The molecule has 0 N–H and O–H groups in total. The van der Waals surface area contributed by atoms with Gasteiger partial charge in [0.2, 0.25) is 0 Å². The Bertz CT molecular complexity index is 581. The highest BCUT2D eigenvalue weighted by molar-refractivity contribution is 5.89. The lowest BCUT2D eigenvalue weighted by atomic mass is 9.80. The monoisotopic (exact) mass is 301 g/mol. The van der Waals surface area contributed by atoms with Gasteiger partial charge < -0.3 is 4.74 Å². The number of esters is 1. The third kappa shape index (κ3) is 3.29. The van der Waals surface area contributed by atoms with Crippen LogP contribution >= 0.6 is 0 Å². The van der Waals surface area contributed by atoms with Gasteiger partial charge in [0, 0.05) is 23.9 Å². The lowest BCUT2D eigenvalue weighted by Gasteiger charge is -2.49. The van der Waals surface area contributed by atoms with Crippen LogP contribution < -0.4 is 0 Å². The smallest absolute Gasteiger partial charge is 0.338 e. The Morgan fingerprint density at radius 2 is 1.68 bits per heavy atom. The molecule has 0 amide bonds. The fourth-order valence-electron chi connectivity index (χ4n) is 3.16. The molecule has 0 unspecified atom stereocenters. The van der Waals surface area contributed by atoms with E-state index in [-0.39, 0.29) is 6.10 Å². The molecule has 5 heteroatoms. The Hall–Kier alpha value is -1.90. The van der Waals surface area contributed by atoms with Gasteiger partial charge in [-0.3, -0.25) is 0 Å². The molecule has 1 aromatic rings. The van der Waals surface area contributed by atoms with E-state index in [1.807, 2.05) is 33.8 Å². The van der Waals surface area contributed by atoms with Crippen molar-refractivity contribution in [2.75, 3.05) is 0 Å². The maximum atomic E-state index is 12.3. The van der Waals surface area contributed by atoms with Crippen LogP contribution in [0, 0.1) is 11.3 Å². The van der Waals surface area contributed by atoms with Gasteiger partial charge in [-0.1, -0.05) is 0 Å². The number of ether oxygens (including phenoxy) is 1. The van der Waals surface area contributed by atoms with E-state index < -0.39 is 17.0 Å². The molecule has 0 aromatic heterocycles. The SMILES string of the molecule is CC1(C)CC(OC(=O)c2ccc(C#N)cc2)CC(C)(C)N1[O]. The summed E-state index contributed by atoms with van der Waals surface area (Å²) in [7, 11) is 0. The molecule has 1 radical (unpaired) electrons. The van der Waals surface area contributed by atoms with E-state index in [0.29, 0.717) is 24.0 Å². The predicted octanol–water partition coefficient (Wildman–Crippen LogP) is 3.08. The Morgan fingerprint density at radius 1 is 1.18 bits per heavy atom. The summed E-state index contributed by atoms with van der Waals surface area (Å²) < 4.78 is 5.58. The highest BCUT2D eigenvalue weighted by Crippen LogP contribution is 2.38. The Kier molecular flexibility index (Phi) is 4.28. The minimum Gasteiger partial charge on any atom is -0.459 e. The van der Waals surface area contributed by atoms with E-state index >= 15 is 0 Å². The van der Waals surface area contributed by atoms with Crippen LogP contribution in [-0.4, -0.2) is 28.2 Å². The number of nitriles is 1. The summed E-state index contributed by atoms with van der Waals surface area (Å²) >= 11 is 0. The molecule has 0 saturated carbocycles. The maximum absolute atomic E-state index is 12.3. The molecular weight excluding hydrogens is 280 g/mol. The summed E-state index contributed by atoms with van der Waals surface area (Å²) in [5, 5.41) is 22.2. The minimum atomic E-state index is -0.572. The second kappa shape index (κ2) is 5.71. The van der Waals surface area contributed by atoms with Crippen LogP contribution in [0.4, 0.5) is 0 Å². The van der Waals surface area contributed by atoms with Gasteiger partial charge in [-0.2, -0.15) is 5.26 Å². The molecule has 1 aliphatic rings. The minimum absolute atomic E-state index is 0.293. The molecule has 1 fully saturated rings. The van der Waals surface area contributed by atoms with Crippen LogP contribution in [0.1, 0.15) is 56.5 Å². The fourth-order valence-corrected chi connectivity index (χ4v) is 3.16. The van der Waals surface area contributed by atoms with Crippen molar-refractivity contribution in [1.29, 1.82) is 5.26 Å². The van der Waals surface area contributed by atoms with Crippen molar-refractivity contribution in [2.24, 2.45) is 0 Å². The molecule has 2 rings (SSSR count). The van der Waals surface area contributed by atoms with Crippen LogP contribution in [0.25, 0.3) is 0 Å². The van der Waals surface area contributed by atoms with Gasteiger partial charge in [0.05, 0.1) is 17.2 Å². The molecule has 1 aromatic carbocycles. The molecule has 0 spiro atoms. The molecule has 117 valence electrons. The molecule has 22 heavy (non-hydrogen) atoms. The average molecular weight is 301 g/mol. The fraction of sp³-hybridized carbons (Fsp3) is 0.529. The van der Waals surface area contributed by atoms with E-state index in [9.17, 15) is 10.0 Å². The molecule has 0 atom stereocenters. The summed E-state index contributed by atoms with van der Waals surface area (Å²) in [6, 6.07) is 8.35. The molecule has 5 nitrogen and oxygen atoms in total. The summed E-state index contributed by atoms with van der Waals surface area (Å²) in [5.41, 5.74) is -0.230. The number of carbonyl (C=O) groups excluding carboxylic acids is 1. The molecule has 0 aliphatic carbocycles. The largest absolute Gasteiger partial charge is 0.459 e. The Labute approximate surface area is 131 Å². The van der Waals surface area contributed by atoms with Gasteiger partial charge in [-0.25, -0.2) is 4.79 Å². The maximum Gasteiger partial charge on any atom is 0.338 e. The number of nitrogens with zero attached hydrogens (tertiary/aromatic N) is 2. The zero-order valence-corrected chi connectivity index (χ0v) is 13.4. The first-order valence-corrected chi connectivity index (χ1v) is 7.34. The van der Waals surface area contributed by atoms with Crippen molar-refractivity contribution in [3.05, 3.63) is 35.4 Å². The zero-order valence-electron chi connectivity index (χ0n) is 13.4. The summed E-state index contributed by atoms with van der Waals surface area (Å²) in [4.78, 5) is 12.2. The van der Waals surface area contributed by atoms with E-state index in [4.69, 9.17) is 10.00 Å². The van der Waals surface area contributed by atoms with Crippen molar-refractivity contribution in [1.82, 2.24) is 5.06 Å². The van der Waals surface area contributed by atoms with Gasteiger partial charge in [-0.15, -0.1) is 10.3 Å². The number of hydrogen-bond donors (Lipinski definition) is 0. The second-order valence-corrected chi connectivity index (χ2v) is 7.04. The van der Waals surface area contributed by atoms with Gasteiger partial charge >= 0.3 is 5.97 Å². The topological polar surface area (TPSA) is 73.2 Å². The highest BCUT2D eigenvalue weighted by atomic mass is 16.5. The van der Waals surface area contributed by atoms with Crippen LogP contribution in [0.2, 0.25) is 0 Å². The molecular formula is C17H21N2O3. The standard InChI is InChI=1S/C17H21N2O3/c1-16(2)9-14(10-17(3,4)19(16)21)22-15(20)13-7-5-12(11-18)6-8-13/h5-8,14H,9-10H2,1-4H3. The first-order valence-electron chi connectivity index (χ1n) is 7.34. The third-order valence-electron chi connectivity index (χ3n) is 4.08. The van der Waals surface area contributed by atoms with Crippen molar-refractivity contribution in [2.45, 2.75) is 57.7 Å². The second-order valence-electron chi connectivity index (χ2n) is 7.04. The Morgan fingerprint density at radius 3 is 2.14 bits per heavy atom. The molecule has 0 bridgehead atoms. The van der Waals surface area contributed by atoms with E-state index in [2.05, 4.69) is 0 Å². The van der Waals surface area contributed by atoms with Crippen molar-refractivity contribution in [3.8, 4) is 6.07 Å². The number of piperidine rings is 1. The summed E-state index contributed by atoms with van der Waals surface area (Å²) in [6.45, 7) is 7.46. The van der Waals surface area contributed by atoms with Crippen LogP contribution in [0.15, 0.2) is 24.3 Å². The number of carbonyl (C=O) groups is 1. The van der Waals surface area contributed by atoms with Crippen LogP contribution in [-0.2, 0) is 9.94 Å². The first kappa shape index (κ1) is 16.5. The number of benzene rings is 1. The summed E-state index contributed by atoms with van der Waals surface area (Å²) in [6.07, 6.45) is 0.711. The normalized spacial score (nSPS) is 21.1. The molecule has 1 aliphatic heterocycles. The van der Waals surface area contributed by atoms with E-state index in [0.717, 1.165) is 5.06 Å². The van der Waals surface area contributed by atoms with Crippen LogP contribution in [0.3, 0.4) is 0 Å². The summed E-state index contributed by atoms with van der Waals surface area (Å²) in [5.74, 6) is -0.416. The number of hydroxylamine groups is 2. The first-order chi connectivity index (χ1) is 10.2. The molecule has 1 heterocycles. The zero-order chi connectivity index (χ0) is 16.5. The number of hydrogen-bond acceptors (Lipinski definition) is 4. The van der Waals surface area contributed by atoms with Crippen LogP contribution in [0.5, 0.6) is 0 Å². The van der Waals surface area contributed by atoms with Gasteiger partial charge in [-0.05, 0) is 52.0 Å². The average Bonchev–Trinajstić information content (AvgIpc) is 2.44. The van der Waals surface area contributed by atoms with Crippen molar-refractivity contribution in [3.63, 3.8) is 0 Å². The molecule has 1 saturated heterocycles. The lowest BCUT2D eigenvalue weighted by Crippen LogP contribution is -2.60. The van der Waals surface area contributed by atoms with Crippen molar-refractivity contribution >= 4 is 5.97 Å². The van der Waals surface area contributed by atoms with Crippen molar-refractivity contribution < 1.29 is 14.7 Å². The predicted molar refractivity (Wildman–Crippen MR) is 80.3 cm³/mol. The highest BCUT2D eigenvalue weighted by Gasteiger charge is 2.47. The van der Waals surface area contributed by atoms with E-state index in [1.54, 1.807) is 24.3 Å². The Balaban J connectivity index is 2.10.